The highest BCUT2D eigenvalue weighted by Crippen LogP contribution is 2.33. The van der Waals surface area contributed by atoms with E-state index in [2.05, 4.69) is 0 Å². The number of carbonyl (C=O) groups excluding carboxylic acids is 1. The number of Topliss-reactive ketones (excluding diaryl/α,β-unsaturated/α-hetero) is 1. The molecule has 3 heteroatoms. The molecule has 0 aliphatic rings. The summed E-state index contributed by atoms with van der Waals surface area (Å²) < 4.78 is 10.4. The Kier molecular flexibility index (Phi) is 3.72. The van der Waals surface area contributed by atoms with Gasteiger partial charge in [-0.25, -0.2) is 0 Å². The van der Waals surface area contributed by atoms with E-state index in [9.17, 15) is 4.79 Å². The Balaban J connectivity index is 3.25. The van der Waals surface area contributed by atoms with Gasteiger partial charge in [0, 0.05) is 12.0 Å². The minimum absolute atomic E-state index is 0.115. The molecule has 0 bridgehead atoms. The van der Waals surface area contributed by atoms with Gasteiger partial charge >= 0.3 is 0 Å². The van der Waals surface area contributed by atoms with Crippen molar-refractivity contribution < 1.29 is 14.3 Å². The number of methoxy groups -OCH3 is 2. The quantitative estimate of drug-likeness (QED) is 0.760. The van der Waals surface area contributed by atoms with E-state index >= 15 is 0 Å². The molecule has 0 N–H and O–H groups in total. The molecule has 82 valence electrons. The summed E-state index contributed by atoms with van der Waals surface area (Å²) in [6, 6.07) is 3.78. The van der Waals surface area contributed by atoms with Crippen molar-refractivity contribution in [3.05, 3.63) is 23.3 Å². The molecule has 0 saturated carbocycles. The van der Waals surface area contributed by atoms with Crippen molar-refractivity contribution in [2.45, 2.75) is 20.3 Å². The van der Waals surface area contributed by atoms with Gasteiger partial charge in [0.2, 0.25) is 0 Å². The predicted octanol–water partition coefficient (Wildman–Crippen LogP) is 2.14. The van der Waals surface area contributed by atoms with Crippen molar-refractivity contribution in [1.29, 1.82) is 0 Å². The fourth-order valence-corrected chi connectivity index (χ4v) is 1.56. The maximum Gasteiger partial charge on any atom is 0.164 e. The van der Waals surface area contributed by atoms with Gasteiger partial charge < -0.3 is 9.47 Å². The number of aryl methyl sites for hydroxylation is 1. The van der Waals surface area contributed by atoms with Crippen molar-refractivity contribution >= 4 is 5.78 Å². The highest BCUT2D eigenvalue weighted by atomic mass is 16.5. The van der Waals surface area contributed by atoms with E-state index in [1.807, 2.05) is 19.1 Å². The molecule has 15 heavy (non-hydrogen) atoms. The summed E-state index contributed by atoms with van der Waals surface area (Å²) in [5, 5.41) is 0. The third-order valence-corrected chi connectivity index (χ3v) is 2.31. The van der Waals surface area contributed by atoms with Gasteiger partial charge in [0.05, 0.1) is 14.2 Å². The summed E-state index contributed by atoms with van der Waals surface area (Å²) >= 11 is 0. The minimum Gasteiger partial charge on any atom is -0.493 e. The first-order valence-electron chi connectivity index (χ1n) is 4.80. The Morgan fingerprint density at radius 3 is 2.40 bits per heavy atom. The Labute approximate surface area is 90.0 Å². The molecule has 0 aromatic heterocycles. The second-order valence-corrected chi connectivity index (χ2v) is 3.48. The summed E-state index contributed by atoms with van der Waals surface area (Å²) in [5.74, 6) is 1.44. The van der Waals surface area contributed by atoms with Gasteiger partial charge in [-0.05, 0) is 25.5 Å². The lowest BCUT2D eigenvalue weighted by molar-refractivity contribution is -0.116. The first kappa shape index (κ1) is 11.6. The van der Waals surface area contributed by atoms with Gasteiger partial charge in [0.1, 0.15) is 5.78 Å². The van der Waals surface area contributed by atoms with Crippen molar-refractivity contribution in [3.8, 4) is 11.5 Å². The van der Waals surface area contributed by atoms with Gasteiger partial charge in [-0.3, -0.25) is 4.79 Å². The topological polar surface area (TPSA) is 35.5 Å². The smallest absolute Gasteiger partial charge is 0.164 e. The molecule has 0 saturated heterocycles. The number of hydrogen-bond acceptors (Lipinski definition) is 3. The maximum absolute atomic E-state index is 11.1. The lowest BCUT2D eigenvalue weighted by atomic mass is 10.0. The van der Waals surface area contributed by atoms with Crippen LogP contribution >= 0.6 is 0 Å². The first-order chi connectivity index (χ1) is 7.10. The second kappa shape index (κ2) is 4.82. The zero-order valence-corrected chi connectivity index (χ0v) is 9.59. The van der Waals surface area contributed by atoms with Crippen LogP contribution in [0.5, 0.6) is 11.5 Å². The second-order valence-electron chi connectivity index (χ2n) is 3.48. The van der Waals surface area contributed by atoms with Crippen LogP contribution < -0.4 is 9.47 Å². The van der Waals surface area contributed by atoms with Gasteiger partial charge in [-0.15, -0.1) is 0 Å². The molecule has 0 unspecified atom stereocenters. The van der Waals surface area contributed by atoms with Crippen LogP contribution in [0.3, 0.4) is 0 Å². The number of rotatable bonds is 4. The lowest BCUT2D eigenvalue weighted by Crippen LogP contribution is -2.03. The van der Waals surface area contributed by atoms with Crippen LogP contribution in [-0.2, 0) is 11.2 Å². The van der Waals surface area contributed by atoms with Crippen LogP contribution in [0.15, 0.2) is 12.1 Å². The van der Waals surface area contributed by atoms with Gasteiger partial charge in [-0.1, -0.05) is 6.07 Å². The molecular formula is C12H16O3. The van der Waals surface area contributed by atoms with E-state index < -0.39 is 0 Å². The molecule has 0 amide bonds. The zero-order chi connectivity index (χ0) is 11.4. The Morgan fingerprint density at radius 2 is 1.93 bits per heavy atom. The van der Waals surface area contributed by atoms with E-state index in [4.69, 9.17) is 9.47 Å². The van der Waals surface area contributed by atoms with Gasteiger partial charge in [-0.2, -0.15) is 0 Å². The summed E-state index contributed by atoms with van der Waals surface area (Å²) in [5.41, 5.74) is 1.95. The number of ether oxygens (including phenoxy) is 2. The third-order valence-electron chi connectivity index (χ3n) is 2.31. The van der Waals surface area contributed by atoms with E-state index in [1.54, 1.807) is 21.1 Å². The first-order valence-corrected chi connectivity index (χ1v) is 4.80. The molecule has 0 fully saturated rings. The molecule has 1 rings (SSSR count). The average molecular weight is 208 g/mol. The fraction of sp³-hybridized carbons (Fsp3) is 0.417. The summed E-state index contributed by atoms with van der Waals surface area (Å²) in [7, 11) is 3.17. The van der Waals surface area contributed by atoms with Crippen LogP contribution in [0.2, 0.25) is 0 Å². The van der Waals surface area contributed by atoms with Crippen LogP contribution in [-0.4, -0.2) is 20.0 Å². The number of benzene rings is 1. The van der Waals surface area contributed by atoms with Crippen molar-refractivity contribution in [1.82, 2.24) is 0 Å². The molecule has 0 spiro atoms. The Bertz CT molecular complexity index is 369. The van der Waals surface area contributed by atoms with Crippen LogP contribution in [0.4, 0.5) is 0 Å². The summed E-state index contributed by atoms with van der Waals surface area (Å²) in [4.78, 5) is 11.1. The van der Waals surface area contributed by atoms with Crippen molar-refractivity contribution in [2.75, 3.05) is 14.2 Å². The molecule has 0 heterocycles. The molecule has 0 aliphatic heterocycles. The maximum atomic E-state index is 11.1. The molecule has 1 aromatic rings. The Morgan fingerprint density at radius 1 is 1.27 bits per heavy atom. The third kappa shape index (κ3) is 2.49. The molecule has 0 radical (unpaired) electrons. The van der Waals surface area contributed by atoms with Crippen LogP contribution in [0.25, 0.3) is 0 Å². The largest absolute Gasteiger partial charge is 0.493 e. The van der Waals surface area contributed by atoms with Crippen molar-refractivity contribution in [2.24, 2.45) is 0 Å². The zero-order valence-electron chi connectivity index (χ0n) is 9.59. The van der Waals surface area contributed by atoms with E-state index in [-0.39, 0.29) is 5.78 Å². The normalized spacial score (nSPS) is 9.87. The highest BCUT2D eigenvalue weighted by molar-refractivity contribution is 5.80. The number of hydrogen-bond donors (Lipinski definition) is 0. The summed E-state index contributed by atoms with van der Waals surface area (Å²) in [6.45, 7) is 3.53. The molecule has 3 nitrogen and oxygen atoms in total. The van der Waals surface area contributed by atoms with E-state index in [1.165, 1.54) is 0 Å². The molecule has 1 aromatic carbocycles. The lowest BCUT2D eigenvalue weighted by Gasteiger charge is -2.14. The molecule has 0 aliphatic carbocycles. The standard InChI is InChI=1S/C12H16O3/c1-8-5-6-11(14-3)12(15-4)10(8)7-9(2)13/h5-6H,7H2,1-4H3. The predicted molar refractivity (Wildman–Crippen MR) is 58.7 cm³/mol. The fourth-order valence-electron chi connectivity index (χ4n) is 1.56. The van der Waals surface area contributed by atoms with Crippen LogP contribution in [0.1, 0.15) is 18.1 Å². The molecular weight excluding hydrogens is 192 g/mol. The minimum atomic E-state index is 0.115. The number of carbonyl (C=O) groups is 1. The van der Waals surface area contributed by atoms with Crippen molar-refractivity contribution in [3.63, 3.8) is 0 Å². The van der Waals surface area contributed by atoms with Gasteiger partial charge in [0.25, 0.3) is 0 Å². The average Bonchev–Trinajstić information content (AvgIpc) is 2.20. The number of ketones is 1. The van der Waals surface area contributed by atoms with E-state index in [0.717, 1.165) is 11.1 Å². The Hall–Kier alpha value is -1.51. The van der Waals surface area contributed by atoms with E-state index in [0.29, 0.717) is 17.9 Å². The summed E-state index contributed by atoms with van der Waals surface area (Å²) in [6.07, 6.45) is 0.381. The SMILES string of the molecule is COc1ccc(C)c(CC(C)=O)c1OC. The van der Waals surface area contributed by atoms with Crippen LogP contribution in [0, 0.1) is 6.92 Å². The van der Waals surface area contributed by atoms with Gasteiger partial charge in [0.15, 0.2) is 11.5 Å². The highest BCUT2D eigenvalue weighted by Gasteiger charge is 2.13. The molecule has 0 atom stereocenters. The monoisotopic (exact) mass is 208 g/mol.